The maximum Gasteiger partial charge on any atom is 0.235 e. The smallest absolute Gasteiger partial charge is 0.235 e. The van der Waals surface area contributed by atoms with Gasteiger partial charge in [-0.1, -0.05) is 31.4 Å². The van der Waals surface area contributed by atoms with Crippen LogP contribution < -0.4 is 14.8 Å². The Balaban J connectivity index is 1.55. The summed E-state index contributed by atoms with van der Waals surface area (Å²) in [4.78, 5) is 0. The summed E-state index contributed by atoms with van der Waals surface area (Å²) in [6.07, 6.45) is 4.66. The fourth-order valence-corrected chi connectivity index (χ4v) is 4.81. The number of nitrogens with one attached hydrogen (secondary N) is 2. The summed E-state index contributed by atoms with van der Waals surface area (Å²) in [7, 11) is -1.64. The third-order valence-electron chi connectivity index (χ3n) is 4.79. The predicted octanol–water partition coefficient (Wildman–Crippen LogP) is 4.38. The Morgan fingerprint density at radius 3 is 2.15 bits per heavy atom. The fourth-order valence-electron chi connectivity index (χ4n) is 3.23. The third kappa shape index (κ3) is 4.91. The highest BCUT2D eigenvalue weighted by Crippen LogP contribution is 2.25. The maximum atomic E-state index is 12.5. The van der Waals surface area contributed by atoms with Gasteiger partial charge in [0.2, 0.25) is 10.0 Å². The molecule has 2 aromatic carbocycles. The van der Waals surface area contributed by atoms with Crippen LogP contribution in [0.3, 0.4) is 0 Å². The largest absolute Gasteiger partial charge is 0.497 e. The third-order valence-corrected chi connectivity index (χ3v) is 6.66. The van der Waals surface area contributed by atoms with Gasteiger partial charge in [0.15, 0.2) is 0 Å². The highest BCUT2D eigenvalue weighted by Gasteiger charge is 2.27. The summed E-state index contributed by atoms with van der Waals surface area (Å²) in [5.41, 5.74) is 2.71. The summed E-state index contributed by atoms with van der Waals surface area (Å²) in [6, 6.07) is 15.3. The molecule has 6 heteroatoms. The summed E-state index contributed by atoms with van der Waals surface area (Å²) in [5.74, 6) is 0.836. The van der Waals surface area contributed by atoms with E-state index in [4.69, 9.17) is 4.74 Å². The molecule has 0 amide bonds. The van der Waals surface area contributed by atoms with E-state index in [1.54, 1.807) is 19.2 Å². The number of hydrogen-bond donors (Lipinski definition) is 2. The van der Waals surface area contributed by atoms with E-state index in [1.807, 2.05) is 36.4 Å². The standard InChI is InChI=1S/C20H26N2O3S/c1-25-19-13-7-16(8-14-19)15-21-17-9-11-18(12-10-17)22-26(23,24)20-5-3-2-4-6-20/h7-14,20-22H,2-6,15H2,1H3. The molecular formula is C20H26N2O3S. The molecule has 3 rings (SSSR count). The minimum atomic E-state index is -3.29. The van der Waals surface area contributed by atoms with Crippen LogP contribution in [0, 0.1) is 0 Å². The molecule has 0 atom stereocenters. The number of ether oxygens (including phenoxy) is 1. The van der Waals surface area contributed by atoms with Gasteiger partial charge in [-0.3, -0.25) is 4.72 Å². The van der Waals surface area contributed by atoms with Gasteiger partial charge in [-0.15, -0.1) is 0 Å². The summed E-state index contributed by atoms with van der Waals surface area (Å²) in [6.45, 7) is 0.692. The molecule has 0 bridgehead atoms. The maximum absolute atomic E-state index is 12.5. The molecule has 0 unspecified atom stereocenters. The predicted molar refractivity (Wildman–Crippen MR) is 106 cm³/mol. The van der Waals surface area contributed by atoms with Gasteiger partial charge in [0.25, 0.3) is 0 Å². The van der Waals surface area contributed by atoms with Gasteiger partial charge < -0.3 is 10.1 Å². The molecule has 140 valence electrons. The van der Waals surface area contributed by atoms with Crippen molar-refractivity contribution in [2.45, 2.75) is 43.9 Å². The number of benzene rings is 2. The van der Waals surface area contributed by atoms with Crippen LogP contribution >= 0.6 is 0 Å². The van der Waals surface area contributed by atoms with E-state index in [0.717, 1.165) is 49.1 Å². The van der Waals surface area contributed by atoms with Gasteiger partial charge in [-0.05, 0) is 54.8 Å². The first-order chi connectivity index (χ1) is 12.6. The Kier molecular flexibility index (Phi) is 6.04. The topological polar surface area (TPSA) is 67.4 Å². The number of rotatable bonds is 7. The molecule has 26 heavy (non-hydrogen) atoms. The molecule has 5 nitrogen and oxygen atoms in total. The molecule has 1 fully saturated rings. The monoisotopic (exact) mass is 374 g/mol. The molecule has 1 saturated carbocycles. The second-order valence-corrected chi connectivity index (χ2v) is 8.65. The summed E-state index contributed by atoms with van der Waals surface area (Å²) < 4.78 is 32.8. The van der Waals surface area contributed by atoms with E-state index in [1.165, 1.54) is 0 Å². The number of methoxy groups -OCH3 is 1. The van der Waals surface area contributed by atoms with E-state index in [0.29, 0.717) is 12.2 Å². The molecule has 0 saturated heterocycles. The summed E-state index contributed by atoms with van der Waals surface area (Å²) >= 11 is 0. The number of anilines is 2. The van der Waals surface area contributed by atoms with Crippen LogP contribution in [0.25, 0.3) is 0 Å². The van der Waals surface area contributed by atoms with Crippen LogP contribution in [0.15, 0.2) is 48.5 Å². The molecule has 2 aromatic rings. The molecule has 0 aromatic heterocycles. The van der Waals surface area contributed by atoms with Gasteiger partial charge in [0, 0.05) is 17.9 Å². The SMILES string of the molecule is COc1ccc(CNc2ccc(NS(=O)(=O)C3CCCCC3)cc2)cc1. The van der Waals surface area contributed by atoms with Crippen LogP contribution in [0.2, 0.25) is 0 Å². The highest BCUT2D eigenvalue weighted by atomic mass is 32.2. The second kappa shape index (κ2) is 8.45. The Morgan fingerprint density at radius 1 is 0.923 bits per heavy atom. The van der Waals surface area contributed by atoms with Crippen molar-refractivity contribution in [3.63, 3.8) is 0 Å². The van der Waals surface area contributed by atoms with Gasteiger partial charge in [-0.2, -0.15) is 0 Å². The Labute approximate surface area is 155 Å². The van der Waals surface area contributed by atoms with Crippen molar-refractivity contribution in [3.8, 4) is 5.75 Å². The van der Waals surface area contributed by atoms with Crippen LogP contribution in [0.5, 0.6) is 5.75 Å². The quantitative estimate of drug-likeness (QED) is 0.755. The zero-order chi connectivity index (χ0) is 18.4. The first kappa shape index (κ1) is 18.6. The average Bonchev–Trinajstić information content (AvgIpc) is 2.68. The second-order valence-electron chi connectivity index (χ2n) is 6.69. The Bertz CT molecular complexity index is 796. The highest BCUT2D eigenvalue weighted by molar-refractivity contribution is 7.93. The zero-order valence-corrected chi connectivity index (χ0v) is 15.9. The first-order valence-corrected chi connectivity index (χ1v) is 10.6. The first-order valence-electron chi connectivity index (χ1n) is 9.05. The van der Waals surface area contributed by atoms with Crippen molar-refractivity contribution in [3.05, 3.63) is 54.1 Å². The van der Waals surface area contributed by atoms with Crippen LogP contribution in [0.4, 0.5) is 11.4 Å². The molecule has 0 radical (unpaired) electrons. The van der Waals surface area contributed by atoms with Crippen LogP contribution in [0.1, 0.15) is 37.7 Å². The Morgan fingerprint density at radius 2 is 1.54 bits per heavy atom. The van der Waals surface area contributed by atoms with Crippen LogP contribution in [-0.2, 0) is 16.6 Å². The molecule has 0 aliphatic heterocycles. The van der Waals surface area contributed by atoms with Crippen molar-refractivity contribution >= 4 is 21.4 Å². The van der Waals surface area contributed by atoms with Crippen LogP contribution in [-0.4, -0.2) is 20.8 Å². The molecular weight excluding hydrogens is 348 g/mol. The van der Waals surface area contributed by atoms with Gasteiger partial charge in [0.1, 0.15) is 5.75 Å². The van der Waals surface area contributed by atoms with Gasteiger partial charge in [0.05, 0.1) is 12.4 Å². The lowest BCUT2D eigenvalue weighted by Crippen LogP contribution is -2.29. The molecule has 2 N–H and O–H groups in total. The number of sulfonamides is 1. The van der Waals surface area contributed by atoms with E-state index in [9.17, 15) is 8.42 Å². The van der Waals surface area contributed by atoms with Gasteiger partial charge >= 0.3 is 0 Å². The lowest BCUT2D eigenvalue weighted by molar-refractivity contribution is 0.414. The van der Waals surface area contributed by atoms with Crippen molar-refractivity contribution in [2.75, 3.05) is 17.1 Å². The van der Waals surface area contributed by atoms with E-state index < -0.39 is 10.0 Å². The zero-order valence-electron chi connectivity index (χ0n) is 15.1. The van der Waals surface area contributed by atoms with E-state index >= 15 is 0 Å². The van der Waals surface area contributed by atoms with Gasteiger partial charge in [-0.25, -0.2) is 8.42 Å². The Hall–Kier alpha value is -2.21. The van der Waals surface area contributed by atoms with Crippen molar-refractivity contribution in [2.24, 2.45) is 0 Å². The molecule has 0 heterocycles. The van der Waals surface area contributed by atoms with Crippen molar-refractivity contribution in [1.82, 2.24) is 0 Å². The molecule has 1 aliphatic rings. The molecule has 0 spiro atoms. The normalized spacial score (nSPS) is 15.4. The van der Waals surface area contributed by atoms with E-state index in [-0.39, 0.29) is 5.25 Å². The summed E-state index contributed by atoms with van der Waals surface area (Å²) in [5, 5.41) is 3.07. The number of hydrogen-bond acceptors (Lipinski definition) is 4. The van der Waals surface area contributed by atoms with E-state index in [2.05, 4.69) is 10.0 Å². The van der Waals surface area contributed by atoms with Crippen molar-refractivity contribution in [1.29, 1.82) is 0 Å². The molecule has 1 aliphatic carbocycles. The lowest BCUT2D eigenvalue weighted by Gasteiger charge is -2.22. The lowest BCUT2D eigenvalue weighted by atomic mass is 10.0. The fraction of sp³-hybridized carbons (Fsp3) is 0.400. The van der Waals surface area contributed by atoms with Crippen molar-refractivity contribution < 1.29 is 13.2 Å². The minimum absolute atomic E-state index is 0.260. The minimum Gasteiger partial charge on any atom is -0.497 e. The average molecular weight is 375 g/mol.